The van der Waals surface area contributed by atoms with Crippen LogP contribution in [0.15, 0.2) is 18.2 Å². The van der Waals surface area contributed by atoms with Crippen molar-refractivity contribution in [1.29, 1.82) is 0 Å². The van der Waals surface area contributed by atoms with Crippen LogP contribution in [-0.2, 0) is 22.5 Å². The molecule has 2 rings (SSSR count). The van der Waals surface area contributed by atoms with Crippen LogP contribution in [0.2, 0.25) is 0 Å². The van der Waals surface area contributed by atoms with Crippen molar-refractivity contribution in [3.63, 3.8) is 0 Å². The van der Waals surface area contributed by atoms with Gasteiger partial charge in [-0.2, -0.15) is 0 Å². The van der Waals surface area contributed by atoms with Gasteiger partial charge in [0, 0.05) is 26.0 Å². The first-order valence-electron chi connectivity index (χ1n) is 7.56. The highest BCUT2D eigenvalue weighted by molar-refractivity contribution is 5.67. The van der Waals surface area contributed by atoms with E-state index in [0.717, 1.165) is 23.3 Å². The van der Waals surface area contributed by atoms with E-state index >= 15 is 0 Å². The lowest BCUT2D eigenvalue weighted by Gasteiger charge is -2.32. The van der Waals surface area contributed by atoms with Crippen LogP contribution in [0, 0.1) is 0 Å². The van der Waals surface area contributed by atoms with Gasteiger partial charge in [0.25, 0.3) is 0 Å². The van der Waals surface area contributed by atoms with Gasteiger partial charge in [0.15, 0.2) is 0 Å². The topological polar surface area (TPSA) is 56.8 Å². The Morgan fingerprint density at radius 1 is 1.36 bits per heavy atom. The van der Waals surface area contributed by atoms with Crippen molar-refractivity contribution >= 4 is 6.09 Å². The summed E-state index contributed by atoms with van der Waals surface area (Å²) in [7, 11) is 0. The molecule has 1 amide bonds. The molecule has 122 valence electrons. The molecule has 0 aliphatic carbocycles. The summed E-state index contributed by atoms with van der Waals surface area (Å²) in [6.07, 6.45) is 0.342. The van der Waals surface area contributed by atoms with Crippen molar-refractivity contribution in [3.05, 3.63) is 29.3 Å². The second-order valence-corrected chi connectivity index (χ2v) is 6.91. The van der Waals surface area contributed by atoms with Crippen LogP contribution in [0.1, 0.15) is 45.7 Å². The number of carbonyl (C=O) groups is 1. The van der Waals surface area contributed by atoms with E-state index in [1.807, 2.05) is 46.8 Å². The SMILES string of the molecule is CC(C)(C)OC(=O)NCCc1ccc2c(c1)COC(C)(C)O2. The van der Waals surface area contributed by atoms with E-state index in [0.29, 0.717) is 13.2 Å². The third-order valence-corrected chi connectivity index (χ3v) is 3.14. The van der Waals surface area contributed by atoms with Crippen LogP contribution in [0.25, 0.3) is 0 Å². The molecule has 1 aliphatic heterocycles. The number of rotatable bonds is 3. The summed E-state index contributed by atoms with van der Waals surface area (Å²) in [5.41, 5.74) is 1.69. The summed E-state index contributed by atoms with van der Waals surface area (Å²) in [5, 5.41) is 2.76. The second kappa shape index (κ2) is 6.16. The highest BCUT2D eigenvalue weighted by Gasteiger charge is 2.27. The Bertz CT molecular complexity index is 546. The van der Waals surface area contributed by atoms with E-state index in [4.69, 9.17) is 14.2 Å². The van der Waals surface area contributed by atoms with Crippen molar-refractivity contribution in [2.24, 2.45) is 0 Å². The average Bonchev–Trinajstić information content (AvgIpc) is 2.36. The summed E-state index contributed by atoms with van der Waals surface area (Å²) in [6.45, 7) is 10.4. The maximum atomic E-state index is 11.6. The van der Waals surface area contributed by atoms with Gasteiger partial charge in [-0.05, 0) is 44.9 Å². The molecule has 1 N–H and O–H groups in total. The molecule has 0 spiro atoms. The molecule has 1 aromatic rings. The standard InChI is InChI=1S/C17H25NO4/c1-16(2,3)22-15(19)18-9-8-12-6-7-14-13(10-12)11-20-17(4,5)21-14/h6-7,10H,8-9,11H2,1-5H3,(H,18,19). The molecule has 1 aromatic carbocycles. The van der Waals surface area contributed by atoms with E-state index in [2.05, 4.69) is 11.4 Å². The Balaban J connectivity index is 1.86. The second-order valence-electron chi connectivity index (χ2n) is 6.91. The van der Waals surface area contributed by atoms with E-state index in [9.17, 15) is 4.79 Å². The fourth-order valence-electron chi connectivity index (χ4n) is 2.17. The summed E-state index contributed by atoms with van der Waals surface area (Å²) < 4.78 is 16.6. The van der Waals surface area contributed by atoms with Gasteiger partial charge >= 0.3 is 6.09 Å². The highest BCUT2D eigenvalue weighted by Crippen LogP contribution is 2.31. The number of benzene rings is 1. The predicted octanol–water partition coefficient (Wildman–Crippen LogP) is 3.40. The van der Waals surface area contributed by atoms with Gasteiger partial charge in [-0.25, -0.2) is 4.79 Å². The minimum Gasteiger partial charge on any atom is -0.463 e. The maximum absolute atomic E-state index is 11.6. The zero-order valence-electron chi connectivity index (χ0n) is 14.0. The molecule has 0 fully saturated rings. The van der Waals surface area contributed by atoms with Gasteiger partial charge in [-0.1, -0.05) is 6.07 Å². The Hall–Kier alpha value is -1.75. The maximum Gasteiger partial charge on any atom is 0.407 e. The quantitative estimate of drug-likeness (QED) is 0.930. The van der Waals surface area contributed by atoms with Gasteiger partial charge in [0.05, 0.1) is 6.61 Å². The molecular formula is C17H25NO4. The smallest absolute Gasteiger partial charge is 0.407 e. The van der Waals surface area contributed by atoms with Crippen LogP contribution in [0.5, 0.6) is 5.75 Å². The van der Waals surface area contributed by atoms with Crippen LogP contribution in [0.4, 0.5) is 4.79 Å². The van der Waals surface area contributed by atoms with Crippen molar-refractivity contribution in [2.45, 2.75) is 59.0 Å². The Kier molecular flexibility index (Phi) is 4.66. The first-order valence-corrected chi connectivity index (χ1v) is 7.56. The molecule has 0 aromatic heterocycles. The molecule has 5 nitrogen and oxygen atoms in total. The molecule has 0 bridgehead atoms. The summed E-state index contributed by atoms with van der Waals surface area (Å²) >= 11 is 0. The number of hydrogen-bond acceptors (Lipinski definition) is 4. The predicted molar refractivity (Wildman–Crippen MR) is 83.9 cm³/mol. The fourth-order valence-corrected chi connectivity index (χ4v) is 2.17. The zero-order chi connectivity index (χ0) is 16.4. The number of hydrogen-bond donors (Lipinski definition) is 1. The first-order chi connectivity index (χ1) is 10.1. The molecule has 22 heavy (non-hydrogen) atoms. The van der Waals surface area contributed by atoms with Crippen molar-refractivity contribution in [3.8, 4) is 5.75 Å². The molecule has 0 saturated heterocycles. The number of carbonyl (C=O) groups excluding carboxylic acids is 1. The molecule has 5 heteroatoms. The summed E-state index contributed by atoms with van der Waals surface area (Å²) in [4.78, 5) is 11.6. The average molecular weight is 307 g/mol. The third kappa shape index (κ3) is 4.91. The van der Waals surface area contributed by atoms with E-state index < -0.39 is 11.4 Å². The fraction of sp³-hybridized carbons (Fsp3) is 0.588. The summed E-state index contributed by atoms with van der Waals surface area (Å²) in [6, 6.07) is 6.03. The largest absolute Gasteiger partial charge is 0.463 e. The third-order valence-electron chi connectivity index (χ3n) is 3.14. The molecule has 0 unspecified atom stereocenters. The first kappa shape index (κ1) is 16.6. The van der Waals surface area contributed by atoms with Gasteiger partial charge in [-0.15, -0.1) is 0 Å². The molecular weight excluding hydrogens is 282 g/mol. The monoisotopic (exact) mass is 307 g/mol. The van der Waals surface area contributed by atoms with Crippen LogP contribution >= 0.6 is 0 Å². The number of amides is 1. The zero-order valence-corrected chi connectivity index (χ0v) is 14.0. The Labute approximate surface area is 131 Å². The number of fused-ring (bicyclic) bond motifs is 1. The van der Waals surface area contributed by atoms with Crippen molar-refractivity contribution in [2.75, 3.05) is 6.54 Å². The minimum atomic E-state index is -0.577. The van der Waals surface area contributed by atoms with E-state index in [1.165, 1.54) is 0 Å². The van der Waals surface area contributed by atoms with Crippen molar-refractivity contribution in [1.82, 2.24) is 5.32 Å². The van der Waals surface area contributed by atoms with Gasteiger partial charge < -0.3 is 19.5 Å². The van der Waals surface area contributed by atoms with Crippen molar-refractivity contribution < 1.29 is 19.0 Å². The van der Waals surface area contributed by atoms with Gasteiger partial charge in [-0.3, -0.25) is 0 Å². The number of nitrogens with one attached hydrogen (secondary N) is 1. The minimum absolute atomic E-state index is 0.390. The Morgan fingerprint density at radius 3 is 2.77 bits per heavy atom. The van der Waals surface area contributed by atoms with E-state index in [1.54, 1.807) is 0 Å². The van der Waals surface area contributed by atoms with Crippen LogP contribution in [0.3, 0.4) is 0 Å². The lowest BCUT2D eigenvalue weighted by Crippen LogP contribution is -2.35. The van der Waals surface area contributed by atoms with Crippen LogP contribution in [-0.4, -0.2) is 24.0 Å². The number of alkyl carbamates (subject to hydrolysis) is 1. The number of ether oxygens (including phenoxy) is 3. The normalized spacial score (nSPS) is 16.4. The lowest BCUT2D eigenvalue weighted by molar-refractivity contribution is -0.180. The highest BCUT2D eigenvalue weighted by atomic mass is 16.7. The molecule has 0 saturated carbocycles. The van der Waals surface area contributed by atoms with E-state index in [-0.39, 0.29) is 6.09 Å². The van der Waals surface area contributed by atoms with Gasteiger partial charge in [0.1, 0.15) is 11.4 Å². The summed E-state index contributed by atoms with van der Waals surface area (Å²) in [5.74, 6) is 0.285. The van der Waals surface area contributed by atoms with Crippen LogP contribution < -0.4 is 10.1 Å². The molecule has 1 heterocycles. The molecule has 1 aliphatic rings. The molecule has 0 atom stereocenters. The molecule has 0 radical (unpaired) electrons. The lowest BCUT2D eigenvalue weighted by atomic mass is 10.1. The van der Waals surface area contributed by atoms with Gasteiger partial charge in [0.2, 0.25) is 5.79 Å². The Morgan fingerprint density at radius 2 is 2.09 bits per heavy atom.